The predicted octanol–water partition coefficient (Wildman–Crippen LogP) is 4.23. The molecule has 0 bridgehead atoms. The zero-order chi connectivity index (χ0) is 13.8. The van der Waals surface area contributed by atoms with Crippen molar-refractivity contribution in [2.75, 3.05) is 7.05 Å². The van der Waals surface area contributed by atoms with Crippen molar-refractivity contribution in [3.63, 3.8) is 0 Å². The summed E-state index contributed by atoms with van der Waals surface area (Å²) in [5.74, 6) is -0.969. The Morgan fingerprint density at radius 1 is 1.26 bits per heavy atom. The Bertz CT molecular complexity index is 537. The van der Waals surface area contributed by atoms with Gasteiger partial charge in [0.1, 0.15) is 11.6 Å². The van der Waals surface area contributed by atoms with Crippen molar-refractivity contribution in [1.82, 2.24) is 5.32 Å². The van der Waals surface area contributed by atoms with Gasteiger partial charge >= 0.3 is 0 Å². The first-order valence-corrected chi connectivity index (χ1v) is 7.15. The largest absolute Gasteiger partial charge is 0.313 e. The van der Waals surface area contributed by atoms with E-state index in [0.717, 1.165) is 18.9 Å². The lowest BCUT2D eigenvalue weighted by atomic mass is 9.99. The van der Waals surface area contributed by atoms with Crippen LogP contribution in [0.3, 0.4) is 0 Å². The van der Waals surface area contributed by atoms with Crippen molar-refractivity contribution in [1.29, 1.82) is 0 Å². The number of halogens is 2. The fraction of sp³-hybridized carbons (Fsp3) is 0.333. The van der Waals surface area contributed by atoms with E-state index in [1.54, 1.807) is 31.4 Å². The van der Waals surface area contributed by atoms with Gasteiger partial charge in [-0.15, -0.1) is 11.3 Å². The van der Waals surface area contributed by atoms with E-state index in [0.29, 0.717) is 11.1 Å². The van der Waals surface area contributed by atoms with Gasteiger partial charge in [-0.25, -0.2) is 8.78 Å². The fourth-order valence-corrected chi connectivity index (χ4v) is 2.87. The third-order valence-electron chi connectivity index (χ3n) is 3.26. The van der Waals surface area contributed by atoms with Crippen LogP contribution in [0.5, 0.6) is 0 Å². The number of thiophene rings is 1. The molecule has 1 nitrogen and oxygen atoms in total. The first kappa shape index (κ1) is 14.2. The van der Waals surface area contributed by atoms with E-state index in [1.165, 1.54) is 4.88 Å². The third-order valence-corrected chi connectivity index (χ3v) is 4.20. The lowest BCUT2D eigenvalue weighted by Crippen LogP contribution is -2.18. The summed E-state index contributed by atoms with van der Waals surface area (Å²) >= 11 is 1.70. The molecule has 0 radical (unpaired) electrons. The topological polar surface area (TPSA) is 12.0 Å². The predicted molar refractivity (Wildman–Crippen MR) is 75.5 cm³/mol. The smallest absolute Gasteiger partial charge is 0.130 e. The van der Waals surface area contributed by atoms with E-state index in [1.807, 2.05) is 11.4 Å². The second-order valence-electron chi connectivity index (χ2n) is 4.58. The van der Waals surface area contributed by atoms with Crippen LogP contribution < -0.4 is 5.32 Å². The van der Waals surface area contributed by atoms with Crippen LogP contribution in [0.15, 0.2) is 29.6 Å². The highest BCUT2D eigenvalue weighted by atomic mass is 32.1. The minimum Gasteiger partial charge on any atom is -0.313 e. The molecule has 19 heavy (non-hydrogen) atoms. The maximum Gasteiger partial charge on any atom is 0.130 e. The minimum atomic E-state index is -0.491. The van der Waals surface area contributed by atoms with E-state index in [2.05, 4.69) is 11.4 Å². The van der Waals surface area contributed by atoms with Crippen LogP contribution in [0.25, 0.3) is 0 Å². The Morgan fingerprint density at radius 3 is 2.68 bits per heavy atom. The molecule has 0 aliphatic heterocycles. The average molecular weight is 281 g/mol. The highest BCUT2D eigenvalue weighted by molar-refractivity contribution is 7.09. The van der Waals surface area contributed by atoms with E-state index in [9.17, 15) is 8.78 Å². The first-order valence-electron chi connectivity index (χ1n) is 6.27. The van der Waals surface area contributed by atoms with Gasteiger partial charge in [0.15, 0.2) is 0 Å². The summed E-state index contributed by atoms with van der Waals surface area (Å²) in [4.78, 5) is 1.28. The van der Waals surface area contributed by atoms with E-state index < -0.39 is 11.6 Å². The number of rotatable bonds is 5. The zero-order valence-corrected chi connectivity index (χ0v) is 11.9. The number of hydrogen-bond donors (Lipinski definition) is 1. The molecule has 0 spiro atoms. The number of hydrogen-bond acceptors (Lipinski definition) is 2. The third kappa shape index (κ3) is 3.39. The lowest BCUT2D eigenvalue weighted by Gasteiger charge is -2.18. The van der Waals surface area contributed by atoms with Crippen molar-refractivity contribution < 1.29 is 8.78 Å². The van der Waals surface area contributed by atoms with Crippen molar-refractivity contribution in [2.45, 2.75) is 25.8 Å². The maximum absolute atomic E-state index is 13.9. The van der Waals surface area contributed by atoms with Crippen LogP contribution in [0.2, 0.25) is 0 Å². The Kier molecular flexibility index (Phi) is 4.66. The molecule has 2 aromatic rings. The van der Waals surface area contributed by atoms with E-state index >= 15 is 0 Å². The molecule has 0 saturated carbocycles. The quantitative estimate of drug-likeness (QED) is 0.865. The monoisotopic (exact) mass is 281 g/mol. The van der Waals surface area contributed by atoms with Gasteiger partial charge in [-0.1, -0.05) is 6.07 Å². The molecule has 0 aliphatic rings. The minimum absolute atomic E-state index is 0.0959. The number of nitrogens with one attached hydrogen (secondary N) is 1. The first-order chi connectivity index (χ1) is 9.11. The molecule has 1 N–H and O–H groups in total. The Labute approximate surface area is 116 Å². The summed E-state index contributed by atoms with van der Waals surface area (Å²) in [6, 6.07) is 6.56. The molecule has 1 atom stereocenters. The Morgan fingerprint density at radius 2 is 2.05 bits per heavy atom. The molecule has 1 aromatic heterocycles. The van der Waals surface area contributed by atoms with Crippen LogP contribution in [-0.4, -0.2) is 7.05 Å². The van der Waals surface area contributed by atoms with Gasteiger partial charge in [0.05, 0.1) is 0 Å². The second kappa shape index (κ2) is 6.26. The van der Waals surface area contributed by atoms with E-state index in [-0.39, 0.29) is 6.04 Å². The van der Waals surface area contributed by atoms with Gasteiger partial charge in [-0.3, -0.25) is 0 Å². The van der Waals surface area contributed by atoms with Gasteiger partial charge in [-0.05, 0) is 49.9 Å². The molecule has 102 valence electrons. The molecule has 4 heteroatoms. The summed E-state index contributed by atoms with van der Waals surface area (Å²) in [6.07, 6.45) is 1.68. The molecule has 0 aliphatic carbocycles. The van der Waals surface area contributed by atoms with Crippen LogP contribution >= 0.6 is 11.3 Å². The summed E-state index contributed by atoms with van der Waals surface area (Å²) in [5, 5.41) is 5.14. The molecule has 1 heterocycles. The highest BCUT2D eigenvalue weighted by Gasteiger charge is 2.16. The molecule has 0 fully saturated rings. The molecule has 0 amide bonds. The van der Waals surface area contributed by atoms with Crippen LogP contribution in [0.4, 0.5) is 8.78 Å². The summed E-state index contributed by atoms with van der Waals surface area (Å²) < 4.78 is 27.1. The molecular formula is C15H17F2NS. The SMILES string of the molecule is CNC(CCc1cccs1)c1cc(C)c(F)cc1F. The normalized spacial score (nSPS) is 12.6. The molecule has 2 rings (SSSR count). The number of aryl methyl sites for hydroxylation is 2. The summed E-state index contributed by atoms with van der Waals surface area (Å²) in [6.45, 7) is 1.66. The van der Waals surface area contributed by atoms with Gasteiger partial charge in [0.2, 0.25) is 0 Å². The van der Waals surface area contributed by atoms with Crippen LogP contribution in [0.1, 0.15) is 28.5 Å². The average Bonchev–Trinajstić information content (AvgIpc) is 2.89. The van der Waals surface area contributed by atoms with Gasteiger partial charge < -0.3 is 5.32 Å². The number of benzene rings is 1. The fourth-order valence-electron chi connectivity index (χ4n) is 2.14. The van der Waals surface area contributed by atoms with E-state index in [4.69, 9.17) is 0 Å². The van der Waals surface area contributed by atoms with Crippen molar-refractivity contribution in [2.24, 2.45) is 0 Å². The molecule has 1 unspecified atom stereocenters. The van der Waals surface area contributed by atoms with Crippen molar-refractivity contribution >= 4 is 11.3 Å². The van der Waals surface area contributed by atoms with Gasteiger partial charge in [0.25, 0.3) is 0 Å². The van der Waals surface area contributed by atoms with Gasteiger partial charge in [-0.2, -0.15) is 0 Å². The van der Waals surface area contributed by atoms with Crippen LogP contribution in [0, 0.1) is 18.6 Å². The standard InChI is InChI=1S/C15H17F2NS/c1-10-8-12(14(17)9-13(10)16)15(18-2)6-5-11-4-3-7-19-11/h3-4,7-9,15,18H,5-6H2,1-2H3. The highest BCUT2D eigenvalue weighted by Crippen LogP contribution is 2.25. The Balaban J connectivity index is 2.15. The zero-order valence-electron chi connectivity index (χ0n) is 11.0. The summed E-state index contributed by atoms with van der Waals surface area (Å²) in [5.41, 5.74) is 1.02. The maximum atomic E-state index is 13.9. The molecular weight excluding hydrogens is 264 g/mol. The second-order valence-corrected chi connectivity index (χ2v) is 5.61. The van der Waals surface area contributed by atoms with Gasteiger partial charge in [0, 0.05) is 22.5 Å². The van der Waals surface area contributed by atoms with Crippen molar-refractivity contribution in [3.8, 4) is 0 Å². The Hall–Kier alpha value is -1.26. The molecule has 0 saturated heterocycles. The van der Waals surface area contributed by atoms with Crippen LogP contribution in [-0.2, 0) is 6.42 Å². The molecule has 1 aromatic carbocycles. The summed E-state index contributed by atoms with van der Waals surface area (Å²) in [7, 11) is 1.80. The lowest BCUT2D eigenvalue weighted by molar-refractivity contribution is 0.500. The van der Waals surface area contributed by atoms with Crippen molar-refractivity contribution in [3.05, 3.63) is 57.3 Å².